The molecule has 0 fully saturated rings. The van der Waals surface area contributed by atoms with Gasteiger partial charge in [0.05, 0.1) is 7.11 Å². The lowest BCUT2D eigenvalue weighted by molar-refractivity contribution is 0.414. The summed E-state index contributed by atoms with van der Waals surface area (Å²) in [5.74, 6) is 0.887. The van der Waals surface area contributed by atoms with E-state index in [0.29, 0.717) is 0 Å². The van der Waals surface area contributed by atoms with Crippen molar-refractivity contribution in [1.82, 2.24) is 5.32 Å². The molecule has 0 heterocycles. The van der Waals surface area contributed by atoms with Crippen molar-refractivity contribution >= 4 is 11.6 Å². The Morgan fingerprint density at radius 1 is 1.14 bits per heavy atom. The first-order valence-corrected chi connectivity index (χ1v) is 7.64. The minimum absolute atomic E-state index is 0.266. The van der Waals surface area contributed by atoms with Crippen molar-refractivity contribution in [1.29, 1.82) is 0 Å². The van der Waals surface area contributed by atoms with Gasteiger partial charge in [0, 0.05) is 11.1 Å². The smallest absolute Gasteiger partial charge is 0.118 e. The van der Waals surface area contributed by atoms with Gasteiger partial charge in [-0.2, -0.15) is 0 Å². The summed E-state index contributed by atoms with van der Waals surface area (Å²) in [7, 11) is 1.69. The Morgan fingerprint density at radius 2 is 1.86 bits per heavy atom. The first kappa shape index (κ1) is 15.9. The van der Waals surface area contributed by atoms with Crippen LogP contribution in [0.15, 0.2) is 42.5 Å². The summed E-state index contributed by atoms with van der Waals surface area (Å²) in [6, 6.07) is 14.6. The lowest BCUT2D eigenvalue weighted by atomic mass is 9.95. The maximum Gasteiger partial charge on any atom is 0.118 e. The highest BCUT2D eigenvalue weighted by molar-refractivity contribution is 6.31. The van der Waals surface area contributed by atoms with Crippen LogP contribution in [-0.2, 0) is 6.42 Å². The third kappa shape index (κ3) is 3.99. The summed E-state index contributed by atoms with van der Waals surface area (Å²) in [6.07, 6.45) is 0.930. The molecule has 2 aromatic carbocycles. The Bertz CT molecular complexity index is 580. The van der Waals surface area contributed by atoms with Crippen molar-refractivity contribution in [3.8, 4) is 5.75 Å². The molecular formula is C18H22ClNO. The third-order valence-electron chi connectivity index (χ3n) is 3.73. The summed E-state index contributed by atoms with van der Waals surface area (Å²) >= 11 is 6.26. The van der Waals surface area contributed by atoms with Crippen molar-refractivity contribution in [3.63, 3.8) is 0 Å². The highest BCUT2D eigenvalue weighted by Crippen LogP contribution is 2.27. The molecule has 0 bridgehead atoms. The van der Waals surface area contributed by atoms with E-state index in [2.05, 4.69) is 37.4 Å². The number of hydrogen-bond acceptors (Lipinski definition) is 2. The molecule has 2 nitrogen and oxygen atoms in total. The van der Waals surface area contributed by atoms with Crippen LogP contribution in [0.4, 0.5) is 0 Å². The highest BCUT2D eigenvalue weighted by atomic mass is 35.5. The van der Waals surface area contributed by atoms with Gasteiger partial charge in [0.2, 0.25) is 0 Å². The van der Waals surface area contributed by atoms with Gasteiger partial charge in [0.15, 0.2) is 0 Å². The molecule has 0 aliphatic heterocycles. The molecule has 0 amide bonds. The fourth-order valence-corrected chi connectivity index (χ4v) is 2.72. The minimum Gasteiger partial charge on any atom is -0.497 e. The normalized spacial score (nSPS) is 12.2. The van der Waals surface area contributed by atoms with E-state index < -0.39 is 0 Å². The monoisotopic (exact) mass is 303 g/mol. The van der Waals surface area contributed by atoms with E-state index in [4.69, 9.17) is 16.3 Å². The minimum atomic E-state index is 0.266. The number of ether oxygens (including phenoxy) is 1. The van der Waals surface area contributed by atoms with Crippen LogP contribution in [0.1, 0.15) is 29.7 Å². The standard InChI is InChI=1S/C18H22ClNO/c1-4-20-18(16-6-5-7-17(19)13(16)2)12-14-8-10-15(21-3)11-9-14/h5-11,18,20H,4,12H2,1-3H3. The number of benzene rings is 2. The second-order valence-electron chi connectivity index (χ2n) is 5.12. The summed E-state index contributed by atoms with van der Waals surface area (Å²) in [4.78, 5) is 0. The molecular weight excluding hydrogens is 282 g/mol. The second kappa shape index (κ2) is 7.48. The maximum atomic E-state index is 6.26. The van der Waals surface area contributed by atoms with Crippen molar-refractivity contribution in [2.45, 2.75) is 26.3 Å². The van der Waals surface area contributed by atoms with Gasteiger partial charge in [0.1, 0.15) is 5.75 Å². The van der Waals surface area contributed by atoms with Gasteiger partial charge in [0.25, 0.3) is 0 Å². The Hall–Kier alpha value is -1.51. The molecule has 3 heteroatoms. The highest BCUT2D eigenvalue weighted by Gasteiger charge is 2.14. The molecule has 1 N–H and O–H groups in total. The van der Waals surface area contributed by atoms with Crippen LogP contribution in [0.25, 0.3) is 0 Å². The van der Waals surface area contributed by atoms with Crippen molar-refractivity contribution in [2.75, 3.05) is 13.7 Å². The fourth-order valence-electron chi connectivity index (χ4n) is 2.54. The quantitative estimate of drug-likeness (QED) is 0.845. The zero-order valence-electron chi connectivity index (χ0n) is 12.8. The van der Waals surface area contributed by atoms with E-state index >= 15 is 0 Å². The van der Waals surface area contributed by atoms with Crippen LogP contribution in [0.2, 0.25) is 5.02 Å². The predicted octanol–water partition coefficient (Wildman–Crippen LogP) is 4.55. The Labute approximate surface area is 132 Å². The number of hydrogen-bond donors (Lipinski definition) is 1. The number of methoxy groups -OCH3 is 1. The summed E-state index contributed by atoms with van der Waals surface area (Å²) < 4.78 is 5.21. The Kier molecular flexibility index (Phi) is 5.66. The molecule has 112 valence electrons. The molecule has 1 atom stereocenters. The molecule has 2 aromatic rings. The summed E-state index contributed by atoms with van der Waals surface area (Å²) in [5.41, 5.74) is 3.69. The molecule has 0 saturated heterocycles. The van der Waals surface area contributed by atoms with E-state index in [1.54, 1.807) is 7.11 Å². The molecule has 0 aliphatic rings. The van der Waals surface area contributed by atoms with E-state index in [1.165, 1.54) is 11.1 Å². The van der Waals surface area contributed by atoms with Crippen LogP contribution < -0.4 is 10.1 Å². The van der Waals surface area contributed by atoms with Gasteiger partial charge < -0.3 is 10.1 Å². The summed E-state index contributed by atoms with van der Waals surface area (Å²) in [6.45, 7) is 5.13. The van der Waals surface area contributed by atoms with Gasteiger partial charge in [-0.25, -0.2) is 0 Å². The van der Waals surface area contributed by atoms with E-state index in [9.17, 15) is 0 Å². The number of likely N-dealkylation sites (N-methyl/N-ethyl adjacent to an activating group) is 1. The van der Waals surface area contributed by atoms with Crippen molar-refractivity contribution in [2.24, 2.45) is 0 Å². The average molecular weight is 304 g/mol. The Morgan fingerprint density at radius 3 is 2.48 bits per heavy atom. The molecule has 0 saturated carbocycles. The summed E-state index contributed by atoms with van der Waals surface area (Å²) in [5, 5.41) is 4.38. The predicted molar refractivity (Wildman–Crippen MR) is 89.3 cm³/mol. The average Bonchev–Trinajstić information content (AvgIpc) is 2.50. The lowest BCUT2D eigenvalue weighted by Crippen LogP contribution is -2.23. The van der Waals surface area contributed by atoms with Crippen LogP contribution in [-0.4, -0.2) is 13.7 Å². The van der Waals surface area contributed by atoms with Crippen LogP contribution in [0.3, 0.4) is 0 Å². The zero-order valence-corrected chi connectivity index (χ0v) is 13.6. The van der Waals surface area contributed by atoms with Crippen molar-refractivity contribution in [3.05, 3.63) is 64.2 Å². The number of rotatable bonds is 6. The Balaban J connectivity index is 2.24. The topological polar surface area (TPSA) is 21.3 Å². The van der Waals surface area contributed by atoms with Gasteiger partial charge >= 0.3 is 0 Å². The molecule has 1 unspecified atom stereocenters. The van der Waals surface area contributed by atoms with Crippen LogP contribution >= 0.6 is 11.6 Å². The van der Waals surface area contributed by atoms with Crippen molar-refractivity contribution < 1.29 is 4.74 Å². The molecule has 0 spiro atoms. The fraction of sp³-hybridized carbons (Fsp3) is 0.333. The molecule has 2 rings (SSSR count). The largest absolute Gasteiger partial charge is 0.497 e. The SMILES string of the molecule is CCNC(Cc1ccc(OC)cc1)c1cccc(Cl)c1C. The van der Waals surface area contributed by atoms with E-state index in [0.717, 1.165) is 29.3 Å². The third-order valence-corrected chi connectivity index (χ3v) is 4.14. The van der Waals surface area contributed by atoms with Gasteiger partial charge in [-0.3, -0.25) is 0 Å². The first-order chi connectivity index (χ1) is 10.2. The zero-order chi connectivity index (χ0) is 15.2. The maximum absolute atomic E-state index is 6.26. The van der Waals surface area contributed by atoms with Gasteiger partial charge in [-0.15, -0.1) is 0 Å². The molecule has 0 aromatic heterocycles. The molecule has 0 radical (unpaired) electrons. The number of nitrogens with one attached hydrogen (secondary N) is 1. The number of halogens is 1. The van der Waals surface area contributed by atoms with Gasteiger partial charge in [-0.1, -0.05) is 42.8 Å². The van der Waals surface area contributed by atoms with Gasteiger partial charge in [-0.05, 0) is 54.8 Å². The molecule has 21 heavy (non-hydrogen) atoms. The van der Waals surface area contributed by atoms with Crippen LogP contribution in [0, 0.1) is 6.92 Å². The lowest BCUT2D eigenvalue weighted by Gasteiger charge is -2.21. The van der Waals surface area contributed by atoms with Crippen LogP contribution in [0.5, 0.6) is 5.75 Å². The van der Waals surface area contributed by atoms with E-state index in [-0.39, 0.29) is 6.04 Å². The van der Waals surface area contributed by atoms with E-state index in [1.807, 2.05) is 24.3 Å². The first-order valence-electron chi connectivity index (χ1n) is 7.27. The second-order valence-corrected chi connectivity index (χ2v) is 5.52. The molecule has 0 aliphatic carbocycles.